The van der Waals surface area contributed by atoms with Crippen LogP contribution < -0.4 is 10.1 Å². The molecule has 0 saturated heterocycles. The Kier molecular flexibility index (Phi) is 6.08. The second-order valence-corrected chi connectivity index (χ2v) is 9.14. The molecule has 0 aliphatic carbocycles. The topological polar surface area (TPSA) is 58.6 Å². The standard InChI is InChI=1S/C30H29NO3/c1-19-14-15-22(30(32)33)16-27(19)28-17-23(34-29-13-6-5-11-26(28)29)18-31-20(2)24-12-7-9-21-8-3-4-10-25(21)24/h3-16,20,23,28,31H,17-18H2,1-2H3,(H,32,33). The SMILES string of the molecule is Cc1ccc(C(=O)O)cc1C1CC(CNC(C)c2cccc3ccccc23)Oc2ccccc21. The number of carboxylic acids is 1. The zero-order chi connectivity index (χ0) is 23.7. The van der Waals surface area contributed by atoms with Crippen molar-refractivity contribution in [2.45, 2.75) is 38.3 Å². The van der Waals surface area contributed by atoms with E-state index in [1.54, 1.807) is 6.07 Å². The molecule has 0 saturated carbocycles. The van der Waals surface area contributed by atoms with Crippen LogP contribution in [0.4, 0.5) is 0 Å². The summed E-state index contributed by atoms with van der Waals surface area (Å²) in [6.07, 6.45) is 0.765. The number of para-hydroxylation sites is 1. The summed E-state index contributed by atoms with van der Waals surface area (Å²) in [6, 6.07) is 28.6. The molecule has 4 aromatic rings. The van der Waals surface area contributed by atoms with E-state index in [0.717, 1.165) is 28.9 Å². The van der Waals surface area contributed by atoms with E-state index >= 15 is 0 Å². The van der Waals surface area contributed by atoms with Gasteiger partial charge in [-0.2, -0.15) is 0 Å². The lowest BCUT2D eigenvalue weighted by atomic mass is 9.81. The highest BCUT2D eigenvalue weighted by atomic mass is 16.5. The van der Waals surface area contributed by atoms with Gasteiger partial charge in [0.1, 0.15) is 11.9 Å². The Labute approximate surface area is 200 Å². The van der Waals surface area contributed by atoms with Crippen molar-refractivity contribution < 1.29 is 14.6 Å². The highest BCUT2D eigenvalue weighted by Crippen LogP contribution is 2.41. The summed E-state index contributed by atoms with van der Waals surface area (Å²) in [6.45, 7) is 4.94. The summed E-state index contributed by atoms with van der Waals surface area (Å²) in [5, 5.41) is 15.7. The van der Waals surface area contributed by atoms with Crippen LogP contribution in [-0.2, 0) is 0 Å². The summed E-state index contributed by atoms with van der Waals surface area (Å²) < 4.78 is 6.40. The highest BCUT2D eigenvalue weighted by Gasteiger charge is 2.30. The van der Waals surface area contributed by atoms with E-state index < -0.39 is 5.97 Å². The minimum Gasteiger partial charge on any atom is -0.489 e. The van der Waals surface area contributed by atoms with Crippen molar-refractivity contribution in [3.05, 3.63) is 113 Å². The van der Waals surface area contributed by atoms with Gasteiger partial charge in [0, 0.05) is 24.1 Å². The van der Waals surface area contributed by atoms with Gasteiger partial charge in [-0.25, -0.2) is 4.79 Å². The van der Waals surface area contributed by atoms with Gasteiger partial charge < -0.3 is 15.2 Å². The molecule has 172 valence electrons. The zero-order valence-corrected chi connectivity index (χ0v) is 19.5. The first-order chi connectivity index (χ1) is 16.5. The Morgan fingerprint density at radius 1 is 1.00 bits per heavy atom. The van der Waals surface area contributed by atoms with Crippen LogP contribution in [0.3, 0.4) is 0 Å². The molecule has 0 aromatic heterocycles. The maximum absolute atomic E-state index is 11.6. The molecule has 5 rings (SSSR count). The molecule has 34 heavy (non-hydrogen) atoms. The molecule has 4 heteroatoms. The van der Waals surface area contributed by atoms with E-state index in [-0.39, 0.29) is 18.1 Å². The average molecular weight is 452 g/mol. The molecule has 1 aliphatic heterocycles. The number of aromatic carboxylic acids is 1. The highest BCUT2D eigenvalue weighted by molar-refractivity contribution is 5.88. The van der Waals surface area contributed by atoms with Crippen LogP contribution in [0.5, 0.6) is 5.75 Å². The van der Waals surface area contributed by atoms with E-state index in [4.69, 9.17) is 4.74 Å². The van der Waals surface area contributed by atoms with Gasteiger partial charge in [0.15, 0.2) is 0 Å². The predicted molar refractivity (Wildman–Crippen MR) is 136 cm³/mol. The first-order valence-corrected chi connectivity index (χ1v) is 11.8. The van der Waals surface area contributed by atoms with Crippen molar-refractivity contribution in [2.75, 3.05) is 6.54 Å². The number of hydrogen-bond donors (Lipinski definition) is 2. The summed E-state index contributed by atoms with van der Waals surface area (Å²) in [7, 11) is 0. The molecule has 0 amide bonds. The number of benzene rings is 4. The van der Waals surface area contributed by atoms with Gasteiger partial charge in [0.05, 0.1) is 5.56 Å². The summed E-state index contributed by atoms with van der Waals surface area (Å²) in [5.41, 5.74) is 4.87. The maximum atomic E-state index is 11.6. The second kappa shape index (κ2) is 9.32. The van der Waals surface area contributed by atoms with Crippen molar-refractivity contribution in [3.8, 4) is 5.75 Å². The third kappa shape index (κ3) is 4.29. The quantitative estimate of drug-likeness (QED) is 0.352. The van der Waals surface area contributed by atoms with Gasteiger partial charge in [-0.1, -0.05) is 66.7 Å². The number of carboxylic acid groups (broad SMARTS) is 1. The van der Waals surface area contributed by atoms with E-state index in [0.29, 0.717) is 12.1 Å². The average Bonchev–Trinajstić information content (AvgIpc) is 2.86. The second-order valence-electron chi connectivity index (χ2n) is 9.14. The van der Waals surface area contributed by atoms with Gasteiger partial charge >= 0.3 is 5.97 Å². The van der Waals surface area contributed by atoms with Crippen LogP contribution in [0.1, 0.15) is 57.9 Å². The molecular formula is C30H29NO3. The van der Waals surface area contributed by atoms with Crippen LogP contribution in [0.15, 0.2) is 84.9 Å². The van der Waals surface area contributed by atoms with Crippen molar-refractivity contribution in [2.24, 2.45) is 0 Å². The van der Waals surface area contributed by atoms with E-state index in [9.17, 15) is 9.90 Å². The van der Waals surface area contributed by atoms with Crippen LogP contribution >= 0.6 is 0 Å². The lowest BCUT2D eigenvalue weighted by molar-refractivity contribution is 0.0696. The lowest BCUT2D eigenvalue weighted by Crippen LogP contribution is -2.37. The number of fused-ring (bicyclic) bond motifs is 2. The molecule has 0 fully saturated rings. The number of rotatable bonds is 6. The minimum absolute atomic E-state index is 0.0230. The van der Waals surface area contributed by atoms with Crippen molar-refractivity contribution in [1.82, 2.24) is 5.32 Å². The number of carbonyl (C=O) groups is 1. The van der Waals surface area contributed by atoms with Gasteiger partial charge in [0.2, 0.25) is 0 Å². The Balaban J connectivity index is 1.40. The molecule has 4 nitrogen and oxygen atoms in total. The number of hydrogen-bond acceptors (Lipinski definition) is 3. The molecule has 1 heterocycles. The fourth-order valence-corrected chi connectivity index (χ4v) is 5.11. The summed E-state index contributed by atoms with van der Waals surface area (Å²) in [5.74, 6) is 0.0659. The summed E-state index contributed by atoms with van der Waals surface area (Å²) in [4.78, 5) is 11.6. The molecule has 0 bridgehead atoms. The maximum Gasteiger partial charge on any atom is 0.335 e. The van der Waals surface area contributed by atoms with E-state index in [1.165, 1.54) is 16.3 Å². The Morgan fingerprint density at radius 3 is 2.62 bits per heavy atom. The monoisotopic (exact) mass is 451 g/mol. The van der Waals surface area contributed by atoms with Gasteiger partial charge in [0.25, 0.3) is 0 Å². The molecular weight excluding hydrogens is 422 g/mol. The Morgan fingerprint density at radius 2 is 1.76 bits per heavy atom. The third-order valence-corrected chi connectivity index (χ3v) is 6.93. The Hall–Kier alpha value is -3.63. The van der Waals surface area contributed by atoms with Crippen molar-refractivity contribution >= 4 is 16.7 Å². The largest absolute Gasteiger partial charge is 0.489 e. The Bertz CT molecular complexity index is 1340. The number of nitrogens with one attached hydrogen (secondary N) is 1. The van der Waals surface area contributed by atoms with Crippen LogP contribution in [0.25, 0.3) is 10.8 Å². The number of ether oxygens (including phenoxy) is 1. The molecule has 0 radical (unpaired) electrons. The molecule has 1 aliphatic rings. The van der Waals surface area contributed by atoms with E-state index in [2.05, 4.69) is 67.7 Å². The van der Waals surface area contributed by atoms with Gasteiger partial charge in [-0.3, -0.25) is 0 Å². The van der Waals surface area contributed by atoms with Crippen molar-refractivity contribution in [1.29, 1.82) is 0 Å². The molecule has 2 N–H and O–H groups in total. The molecule has 4 aromatic carbocycles. The van der Waals surface area contributed by atoms with Gasteiger partial charge in [-0.15, -0.1) is 0 Å². The van der Waals surface area contributed by atoms with E-state index in [1.807, 2.05) is 30.3 Å². The van der Waals surface area contributed by atoms with Crippen LogP contribution in [-0.4, -0.2) is 23.7 Å². The normalized spacial score (nSPS) is 18.2. The zero-order valence-electron chi connectivity index (χ0n) is 19.5. The molecule has 3 unspecified atom stereocenters. The minimum atomic E-state index is -0.899. The van der Waals surface area contributed by atoms with Crippen LogP contribution in [0, 0.1) is 6.92 Å². The number of aryl methyl sites for hydroxylation is 1. The third-order valence-electron chi connectivity index (χ3n) is 6.93. The molecule has 0 spiro atoms. The van der Waals surface area contributed by atoms with Crippen LogP contribution in [0.2, 0.25) is 0 Å². The lowest BCUT2D eigenvalue weighted by Gasteiger charge is -2.34. The fourth-order valence-electron chi connectivity index (χ4n) is 5.11. The summed E-state index contributed by atoms with van der Waals surface area (Å²) >= 11 is 0. The smallest absolute Gasteiger partial charge is 0.335 e. The fraction of sp³-hybridized carbons (Fsp3) is 0.233. The first kappa shape index (κ1) is 22.2. The first-order valence-electron chi connectivity index (χ1n) is 11.8. The predicted octanol–water partition coefficient (Wildman–Crippen LogP) is 6.48. The van der Waals surface area contributed by atoms with Gasteiger partial charge in [-0.05, 0) is 65.9 Å². The molecule has 3 atom stereocenters. The van der Waals surface area contributed by atoms with Crippen molar-refractivity contribution in [3.63, 3.8) is 0 Å².